The molecule has 0 saturated heterocycles. The smallest absolute Gasteiger partial charge is 0.277 e. The van der Waals surface area contributed by atoms with Crippen LogP contribution in [0.4, 0.5) is 11.4 Å². The van der Waals surface area contributed by atoms with Crippen LogP contribution in [0.1, 0.15) is 13.8 Å². The Morgan fingerprint density at radius 1 is 1.41 bits per heavy atom. The van der Waals surface area contributed by atoms with Gasteiger partial charge in [0.25, 0.3) is 5.69 Å². The molecule has 1 aromatic carbocycles. The minimum Gasteiger partial charge on any atom is -0.277 e. The predicted octanol–water partition coefficient (Wildman–Crippen LogP) is 2.40. The molecule has 0 fully saturated rings. The molecule has 0 radical (unpaired) electrons. The third-order valence-electron chi connectivity index (χ3n) is 2.03. The number of nitro groups is 1. The van der Waals surface area contributed by atoms with Crippen molar-refractivity contribution in [2.75, 3.05) is 4.72 Å². The largest absolute Gasteiger partial charge is 0.293 e. The normalized spacial score (nSPS) is 11.5. The lowest BCUT2D eigenvalue weighted by molar-refractivity contribution is -0.383. The van der Waals surface area contributed by atoms with E-state index >= 15 is 0 Å². The van der Waals surface area contributed by atoms with Crippen molar-refractivity contribution in [2.24, 2.45) is 0 Å². The van der Waals surface area contributed by atoms with Gasteiger partial charge in [0.2, 0.25) is 10.0 Å². The number of nitro benzene ring substituents is 1. The van der Waals surface area contributed by atoms with E-state index < -0.39 is 20.2 Å². The molecular weight excluding hydrogens is 268 g/mol. The van der Waals surface area contributed by atoms with Gasteiger partial charge in [0.15, 0.2) is 0 Å². The molecule has 0 aromatic heterocycles. The van der Waals surface area contributed by atoms with Gasteiger partial charge in [-0.3, -0.25) is 14.8 Å². The number of sulfonamides is 1. The Morgan fingerprint density at radius 2 is 2.00 bits per heavy atom. The van der Waals surface area contributed by atoms with Gasteiger partial charge in [-0.2, -0.15) is 0 Å². The quantitative estimate of drug-likeness (QED) is 0.676. The maximum atomic E-state index is 11.6. The number of benzene rings is 1. The third-order valence-corrected chi connectivity index (χ3v) is 4.01. The first-order valence-electron chi connectivity index (χ1n) is 4.69. The molecule has 0 aliphatic heterocycles. The molecule has 0 bridgehead atoms. The maximum absolute atomic E-state index is 11.6. The number of halogens is 1. The van der Waals surface area contributed by atoms with Gasteiger partial charge in [-0.25, -0.2) is 8.42 Å². The lowest BCUT2D eigenvalue weighted by Gasteiger charge is -2.11. The summed E-state index contributed by atoms with van der Waals surface area (Å²) in [7, 11) is -3.64. The van der Waals surface area contributed by atoms with E-state index in [1.165, 1.54) is 26.0 Å². The van der Waals surface area contributed by atoms with Crippen LogP contribution in [0.2, 0.25) is 5.02 Å². The number of nitrogens with one attached hydrogen (secondary N) is 1. The summed E-state index contributed by atoms with van der Waals surface area (Å²) in [4.78, 5) is 10.0. The Kier molecular flexibility index (Phi) is 3.94. The van der Waals surface area contributed by atoms with Crippen LogP contribution in [0.3, 0.4) is 0 Å². The summed E-state index contributed by atoms with van der Waals surface area (Å²) < 4.78 is 25.4. The Morgan fingerprint density at radius 3 is 2.47 bits per heavy atom. The first-order valence-corrected chi connectivity index (χ1v) is 6.62. The minimum absolute atomic E-state index is 0.129. The summed E-state index contributed by atoms with van der Waals surface area (Å²) in [5.74, 6) is 0. The molecule has 0 saturated carbocycles. The second kappa shape index (κ2) is 4.89. The molecule has 0 unspecified atom stereocenters. The van der Waals surface area contributed by atoms with Gasteiger partial charge >= 0.3 is 0 Å². The summed E-state index contributed by atoms with van der Waals surface area (Å²) in [6.45, 7) is 2.94. The third kappa shape index (κ3) is 3.31. The van der Waals surface area contributed by atoms with Gasteiger partial charge < -0.3 is 0 Å². The van der Waals surface area contributed by atoms with Gasteiger partial charge in [0.05, 0.1) is 10.2 Å². The fraction of sp³-hybridized carbons (Fsp3) is 0.333. The van der Waals surface area contributed by atoms with E-state index in [-0.39, 0.29) is 16.4 Å². The van der Waals surface area contributed by atoms with E-state index in [1.807, 2.05) is 0 Å². The molecule has 0 amide bonds. The average molecular weight is 279 g/mol. The van der Waals surface area contributed by atoms with Crippen molar-refractivity contribution in [1.29, 1.82) is 0 Å². The summed E-state index contributed by atoms with van der Waals surface area (Å²) in [5.41, 5.74) is -0.463. The first-order chi connectivity index (χ1) is 7.74. The summed E-state index contributed by atoms with van der Waals surface area (Å²) in [5, 5.41) is 10.2. The fourth-order valence-corrected chi connectivity index (χ4v) is 1.90. The highest BCUT2D eigenvalue weighted by Crippen LogP contribution is 2.28. The van der Waals surface area contributed by atoms with E-state index in [2.05, 4.69) is 4.72 Å². The van der Waals surface area contributed by atoms with Crippen molar-refractivity contribution >= 4 is 33.0 Å². The minimum atomic E-state index is -3.64. The monoisotopic (exact) mass is 278 g/mol. The van der Waals surface area contributed by atoms with E-state index in [0.717, 1.165) is 6.07 Å². The lowest BCUT2D eigenvalue weighted by atomic mass is 10.3. The Bertz CT molecular complexity index is 542. The van der Waals surface area contributed by atoms with Crippen LogP contribution in [-0.2, 0) is 10.0 Å². The Balaban J connectivity index is 3.22. The molecule has 0 heterocycles. The van der Waals surface area contributed by atoms with Crippen molar-refractivity contribution in [3.63, 3.8) is 0 Å². The highest BCUT2D eigenvalue weighted by Gasteiger charge is 2.21. The zero-order valence-electron chi connectivity index (χ0n) is 9.18. The topological polar surface area (TPSA) is 89.3 Å². The number of anilines is 1. The molecule has 94 valence electrons. The summed E-state index contributed by atoms with van der Waals surface area (Å²) in [6, 6.07) is 3.69. The second-order valence-electron chi connectivity index (χ2n) is 3.61. The van der Waals surface area contributed by atoms with Crippen LogP contribution < -0.4 is 4.72 Å². The van der Waals surface area contributed by atoms with E-state index in [1.54, 1.807) is 0 Å². The van der Waals surface area contributed by atoms with Gasteiger partial charge in [-0.1, -0.05) is 11.6 Å². The van der Waals surface area contributed by atoms with Gasteiger partial charge in [-0.15, -0.1) is 0 Å². The summed E-state index contributed by atoms with van der Waals surface area (Å²) >= 11 is 5.67. The van der Waals surface area contributed by atoms with Crippen molar-refractivity contribution in [2.45, 2.75) is 19.1 Å². The van der Waals surface area contributed by atoms with Crippen LogP contribution in [0.15, 0.2) is 18.2 Å². The molecule has 0 aliphatic carbocycles. The second-order valence-corrected chi connectivity index (χ2v) is 6.29. The van der Waals surface area contributed by atoms with E-state index in [4.69, 9.17) is 11.6 Å². The Hall–Kier alpha value is -1.34. The van der Waals surface area contributed by atoms with Crippen LogP contribution >= 0.6 is 11.6 Å². The molecule has 8 heteroatoms. The standard InChI is InChI=1S/C9H11ClN2O4S/c1-6(2)17(15,16)11-8-5-7(10)3-4-9(8)12(13)14/h3-6,11H,1-2H3. The Labute approximate surface area is 104 Å². The molecular formula is C9H11ClN2O4S. The predicted molar refractivity (Wildman–Crippen MR) is 65.8 cm³/mol. The SMILES string of the molecule is CC(C)S(=O)(=O)Nc1cc(Cl)ccc1[N+](=O)[O-]. The zero-order valence-corrected chi connectivity index (χ0v) is 10.7. The fourth-order valence-electron chi connectivity index (χ4n) is 1.02. The molecule has 1 N–H and O–H groups in total. The number of hydrogen-bond donors (Lipinski definition) is 1. The average Bonchev–Trinajstić information content (AvgIpc) is 2.15. The van der Waals surface area contributed by atoms with Crippen LogP contribution in [0.25, 0.3) is 0 Å². The molecule has 6 nitrogen and oxygen atoms in total. The number of nitrogens with zero attached hydrogens (tertiary/aromatic N) is 1. The van der Waals surface area contributed by atoms with E-state index in [0.29, 0.717) is 0 Å². The van der Waals surface area contributed by atoms with Gasteiger partial charge in [0, 0.05) is 11.1 Å². The van der Waals surface area contributed by atoms with Crippen molar-refractivity contribution < 1.29 is 13.3 Å². The van der Waals surface area contributed by atoms with Crippen LogP contribution in [0, 0.1) is 10.1 Å². The highest BCUT2D eigenvalue weighted by molar-refractivity contribution is 7.93. The maximum Gasteiger partial charge on any atom is 0.293 e. The summed E-state index contributed by atoms with van der Waals surface area (Å²) in [6.07, 6.45) is 0. The zero-order chi connectivity index (χ0) is 13.2. The first kappa shape index (κ1) is 13.7. The van der Waals surface area contributed by atoms with E-state index in [9.17, 15) is 18.5 Å². The van der Waals surface area contributed by atoms with Gasteiger partial charge in [-0.05, 0) is 26.0 Å². The van der Waals surface area contributed by atoms with Crippen molar-refractivity contribution in [3.8, 4) is 0 Å². The molecule has 0 spiro atoms. The lowest BCUT2D eigenvalue weighted by Crippen LogP contribution is -2.22. The number of rotatable bonds is 4. The van der Waals surface area contributed by atoms with Crippen LogP contribution in [0.5, 0.6) is 0 Å². The van der Waals surface area contributed by atoms with Crippen molar-refractivity contribution in [1.82, 2.24) is 0 Å². The molecule has 1 rings (SSSR count). The molecule has 17 heavy (non-hydrogen) atoms. The van der Waals surface area contributed by atoms with Gasteiger partial charge in [0.1, 0.15) is 5.69 Å². The van der Waals surface area contributed by atoms with Crippen molar-refractivity contribution in [3.05, 3.63) is 33.3 Å². The molecule has 0 atom stereocenters. The van der Waals surface area contributed by atoms with Crippen LogP contribution in [-0.4, -0.2) is 18.6 Å². The highest BCUT2D eigenvalue weighted by atomic mass is 35.5. The molecule has 1 aromatic rings. The molecule has 0 aliphatic rings. The number of hydrogen-bond acceptors (Lipinski definition) is 4.